The van der Waals surface area contributed by atoms with Crippen molar-refractivity contribution in [2.75, 3.05) is 14.2 Å². The first kappa shape index (κ1) is 15.9. The topological polar surface area (TPSA) is 60.7 Å². The Morgan fingerprint density at radius 1 is 1.08 bits per heavy atom. The molecule has 0 aliphatic carbocycles. The molecule has 1 amide bonds. The fourth-order valence-corrected chi connectivity index (χ4v) is 2.55. The summed E-state index contributed by atoms with van der Waals surface area (Å²) in [6.07, 6.45) is 0. The van der Waals surface area contributed by atoms with Crippen LogP contribution in [-0.2, 0) is 0 Å². The van der Waals surface area contributed by atoms with Crippen molar-refractivity contribution in [1.82, 2.24) is 5.32 Å². The zero-order valence-corrected chi connectivity index (χ0v) is 13.8. The Morgan fingerprint density at radius 2 is 1.88 bits per heavy atom. The van der Waals surface area contributed by atoms with E-state index in [1.165, 1.54) is 7.11 Å². The van der Waals surface area contributed by atoms with Crippen molar-refractivity contribution in [2.45, 2.75) is 13.0 Å². The first-order valence-corrected chi connectivity index (χ1v) is 7.63. The third-order valence-corrected chi connectivity index (χ3v) is 3.87. The van der Waals surface area contributed by atoms with Gasteiger partial charge in [-0.25, -0.2) is 0 Å². The van der Waals surface area contributed by atoms with Gasteiger partial charge in [0.25, 0.3) is 5.91 Å². The lowest BCUT2D eigenvalue weighted by Gasteiger charge is -2.14. The molecular weight excluding hydrogens is 306 g/mol. The number of amides is 1. The summed E-state index contributed by atoms with van der Waals surface area (Å²) < 4.78 is 16.2. The summed E-state index contributed by atoms with van der Waals surface area (Å²) in [6.45, 7) is 1.88. The van der Waals surface area contributed by atoms with Gasteiger partial charge in [-0.3, -0.25) is 4.79 Å². The molecule has 5 nitrogen and oxygen atoms in total. The summed E-state index contributed by atoms with van der Waals surface area (Å²) in [5, 5.41) is 3.94. The number of carbonyl (C=O) groups is 1. The van der Waals surface area contributed by atoms with Crippen molar-refractivity contribution in [3.05, 3.63) is 59.9 Å². The van der Waals surface area contributed by atoms with Crippen LogP contribution in [0.4, 0.5) is 0 Å². The molecule has 0 radical (unpaired) electrons. The first-order chi connectivity index (χ1) is 11.6. The van der Waals surface area contributed by atoms with Crippen molar-refractivity contribution in [1.29, 1.82) is 0 Å². The average Bonchev–Trinajstić information content (AvgIpc) is 3.05. The second-order valence-electron chi connectivity index (χ2n) is 5.45. The van der Waals surface area contributed by atoms with Gasteiger partial charge >= 0.3 is 0 Å². The molecule has 0 aliphatic heterocycles. The zero-order chi connectivity index (χ0) is 17.1. The lowest BCUT2D eigenvalue weighted by Crippen LogP contribution is -2.26. The van der Waals surface area contributed by atoms with E-state index in [-0.39, 0.29) is 11.9 Å². The van der Waals surface area contributed by atoms with E-state index >= 15 is 0 Å². The largest absolute Gasteiger partial charge is 0.497 e. The molecule has 3 aromatic rings. The minimum Gasteiger partial charge on any atom is -0.497 e. The van der Waals surface area contributed by atoms with Crippen molar-refractivity contribution in [3.63, 3.8) is 0 Å². The van der Waals surface area contributed by atoms with Gasteiger partial charge in [-0.15, -0.1) is 0 Å². The number of benzene rings is 2. The maximum absolute atomic E-state index is 12.6. The van der Waals surface area contributed by atoms with E-state index in [1.54, 1.807) is 25.3 Å². The summed E-state index contributed by atoms with van der Waals surface area (Å²) in [5.41, 5.74) is 1.22. The first-order valence-electron chi connectivity index (χ1n) is 7.63. The molecule has 0 fully saturated rings. The van der Waals surface area contributed by atoms with Crippen LogP contribution in [0.2, 0.25) is 0 Å². The number of ether oxygens (including phenoxy) is 2. The number of carbonyl (C=O) groups excluding carboxylic acids is 1. The predicted octanol–water partition coefficient (Wildman–Crippen LogP) is 3.94. The lowest BCUT2D eigenvalue weighted by molar-refractivity contribution is 0.0932. The van der Waals surface area contributed by atoms with Gasteiger partial charge in [-0.2, -0.15) is 0 Å². The van der Waals surface area contributed by atoms with Gasteiger partial charge in [0.15, 0.2) is 0 Å². The molecule has 1 N–H and O–H groups in total. The fraction of sp³-hybridized carbons (Fsp3) is 0.211. The molecule has 0 saturated heterocycles. The number of hydrogen-bond donors (Lipinski definition) is 1. The Labute approximate surface area is 140 Å². The van der Waals surface area contributed by atoms with E-state index in [0.717, 1.165) is 11.0 Å². The van der Waals surface area contributed by atoms with Crippen molar-refractivity contribution < 1.29 is 18.7 Å². The number of methoxy groups -OCH3 is 2. The van der Waals surface area contributed by atoms with Gasteiger partial charge in [0, 0.05) is 5.39 Å². The van der Waals surface area contributed by atoms with Gasteiger partial charge < -0.3 is 19.2 Å². The highest BCUT2D eigenvalue weighted by molar-refractivity contribution is 5.97. The number of furan rings is 1. The van der Waals surface area contributed by atoms with Gasteiger partial charge in [0.2, 0.25) is 0 Å². The van der Waals surface area contributed by atoms with E-state index in [9.17, 15) is 4.79 Å². The third-order valence-electron chi connectivity index (χ3n) is 3.87. The molecule has 0 spiro atoms. The highest BCUT2D eigenvalue weighted by atomic mass is 16.5. The normalized spacial score (nSPS) is 12.0. The Balaban J connectivity index is 1.83. The highest BCUT2D eigenvalue weighted by Gasteiger charge is 2.18. The molecule has 0 aliphatic rings. The zero-order valence-electron chi connectivity index (χ0n) is 13.8. The summed E-state index contributed by atoms with van der Waals surface area (Å²) >= 11 is 0. The number of fused-ring (bicyclic) bond motifs is 1. The molecule has 24 heavy (non-hydrogen) atoms. The molecule has 1 unspecified atom stereocenters. The van der Waals surface area contributed by atoms with Crippen LogP contribution in [0.15, 0.2) is 52.9 Å². The van der Waals surface area contributed by atoms with Crippen LogP contribution in [0.25, 0.3) is 11.0 Å². The van der Waals surface area contributed by atoms with Crippen LogP contribution in [0.5, 0.6) is 11.5 Å². The Morgan fingerprint density at radius 3 is 2.58 bits per heavy atom. The summed E-state index contributed by atoms with van der Waals surface area (Å²) in [4.78, 5) is 12.6. The molecule has 1 atom stereocenters. The highest BCUT2D eigenvalue weighted by Crippen LogP contribution is 2.26. The summed E-state index contributed by atoms with van der Waals surface area (Å²) in [7, 11) is 3.09. The maximum atomic E-state index is 12.6. The van der Waals surface area contributed by atoms with E-state index in [1.807, 2.05) is 37.3 Å². The lowest BCUT2D eigenvalue weighted by atomic mass is 10.1. The Bertz CT molecular complexity index is 836. The van der Waals surface area contributed by atoms with Crippen LogP contribution >= 0.6 is 0 Å². The summed E-state index contributed by atoms with van der Waals surface area (Å²) in [6, 6.07) is 14.5. The number of hydrogen-bond acceptors (Lipinski definition) is 4. The van der Waals surface area contributed by atoms with Gasteiger partial charge in [-0.1, -0.05) is 18.2 Å². The smallest absolute Gasteiger partial charge is 0.255 e. The third kappa shape index (κ3) is 3.06. The Hall–Kier alpha value is -2.95. The number of nitrogens with one attached hydrogen (secondary N) is 1. The van der Waals surface area contributed by atoms with E-state index in [2.05, 4.69) is 5.32 Å². The van der Waals surface area contributed by atoms with E-state index in [4.69, 9.17) is 13.9 Å². The minimum atomic E-state index is -0.277. The van der Waals surface area contributed by atoms with Crippen molar-refractivity contribution in [3.8, 4) is 11.5 Å². The maximum Gasteiger partial charge on any atom is 0.255 e. The predicted molar refractivity (Wildman–Crippen MR) is 91.6 cm³/mol. The van der Waals surface area contributed by atoms with Gasteiger partial charge in [0.1, 0.15) is 22.8 Å². The molecule has 5 heteroatoms. The molecule has 1 heterocycles. The average molecular weight is 325 g/mol. The quantitative estimate of drug-likeness (QED) is 0.772. The molecule has 1 aromatic heterocycles. The Kier molecular flexibility index (Phi) is 4.42. The summed E-state index contributed by atoms with van der Waals surface area (Å²) in [5.74, 6) is 1.53. The van der Waals surface area contributed by atoms with Crippen LogP contribution in [0, 0.1) is 0 Å². The minimum absolute atomic E-state index is 0.251. The molecular formula is C19H19NO4. The SMILES string of the molecule is COc1ccc(OC)c(C(=O)NC(C)c2cc3ccccc3o2)c1. The monoisotopic (exact) mass is 325 g/mol. The van der Waals surface area contributed by atoms with Crippen LogP contribution < -0.4 is 14.8 Å². The van der Waals surface area contributed by atoms with Gasteiger partial charge in [-0.05, 0) is 37.3 Å². The molecule has 0 bridgehead atoms. The second kappa shape index (κ2) is 6.66. The molecule has 3 rings (SSSR count). The molecule has 2 aromatic carbocycles. The van der Waals surface area contributed by atoms with Crippen LogP contribution in [0.3, 0.4) is 0 Å². The standard InChI is InChI=1S/C19H19NO4/c1-12(18-10-13-6-4-5-7-16(13)24-18)20-19(21)15-11-14(22-2)8-9-17(15)23-3/h4-12H,1-3H3,(H,20,21). The van der Waals surface area contributed by atoms with Crippen LogP contribution in [-0.4, -0.2) is 20.1 Å². The van der Waals surface area contributed by atoms with Gasteiger partial charge in [0.05, 0.1) is 25.8 Å². The molecule has 0 saturated carbocycles. The molecule has 124 valence electrons. The van der Waals surface area contributed by atoms with Crippen molar-refractivity contribution >= 4 is 16.9 Å². The van der Waals surface area contributed by atoms with Crippen LogP contribution in [0.1, 0.15) is 29.1 Å². The van der Waals surface area contributed by atoms with Crippen molar-refractivity contribution in [2.24, 2.45) is 0 Å². The fourth-order valence-electron chi connectivity index (χ4n) is 2.55. The second-order valence-corrected chi connectivity index (χ2v) is 5.45. The van der Waals surface area contributed by atoms with E-state index in [0.29, 0.717) is 22.8 Å². The number of rotatable bonds is 5. The number of para-hydroxylation sites is 1. The van der Waals surface area contributed by atoms with E-state index < -0.39 is 0 Å².